The number of halogens is 1. The lowest BCUT2D eigenvalue weighted by Gasteiger charge is -2.32. The van der Waals surface area contributed by atoms with E-state index in [0.29, 0.717) is 5.95 Å². The topological polar surface area (TPSA) is 56.3 Å². The Bertz CT molecular complexity index is 612. The maximum absolute atomic E-state index is 6.06. The Balaban J connectivity index is 1.85. The summed E-state index contributed by atoms with van der Waals surface area (Å²) in [7, 11) is 0. The summed E-state index contributed by atoms with van der Waals surface area (Å²) < 4.78 is 8.92. The molecule has 2 heterocycles. The zero-order valence-corrected chi connectivity index (χ0v) is 13.1. The largest absolute Gasteiger partial charge is 0.374 e. The van der Waals surface area contributed by atoms with Crippen LogP contribution in [0.25, 0.3) is 11.0 Å². The number of hydrogen-bond acceptors (Lipinski definition) is 4. The lowest BCUT2D eigenvalue weighted by Crippen LogP contribution is -2.44. The van der Waals surface area contributed by atoms with Crippen LogP contribution in [0.3, 0.4) is 0 Å². The summed E-state index contributed by atoms with van der Waals surface area (Å²) >= 11 is 3.46. The van der Waals surface area contributed by atoms with E-state index in [1.54, 1.807) is 0 Å². The first-order valence-corrected chi connectivity index (χ1v) is 7.72. The molecule has 0 amide bonds. The Morgan fingerprint density at radius 1 is 1.50 bits per heavy atom. The third-order valence-electron chi connectivity index (χ3n) is 3.80. The van der Waals surface area contributed by atoms with E-state index >= 15 is 0 Å². The molecule has 20 heavy (non-hydrogen) atoms. The van der Waals surface area contributed by atoms with E-state index in [9.17, 15) is 0 Å². The van der Waals surface area contributed by atoms with Crippen LogP contribution in [-0.2, 0) is 11.3 Å². The monoisotopic (exact) mass is 338 g/mol. The van der Waals surface area contributed by atoms with Gasteiger partial charge in [-0.1, -0.05) is 22.9 Å². The zero-order chi connectivity index (χ0) is 14.1. The van der Waals surface area contributed by atoms with E-state index in [1.165, 1.54) is 0 Å². The van der Waals surface area contributed by atoms with Gasteiger partial charge < -0.3 is 15.0 Å². The van der Waals surface area contributed by atoms with Crippen LogP contribution >= 0.6 is 15.9 Å². The van der Waals surface area contributed by atoms with Crippen LogP contribution in [0.5, 0.6) is 0 Å². The van der Waals surface area contributed by atoms with Crippen LogP contribution in [0.2, 0.25) is 0 Å². The molecule has 2 N–H and O–H groups in total. The first-order valence-electron chi connectivity index (χ1n) is 6.92. The number of nitrogens with two attached hydrogens (primary N) is 1. The second kappa shape index (κ2) is 5.71. The SMILES string of the molecule is CCN1CCOC(Cn2c(N)nc3cc(Br)ccc32)C1. The first kappa shape index (κ1) is 13.9. The minimum absolute atomic E-state index is 0.173. The van der Waals surface area contributed by atoms with Crippen molar-refractivity contribution < 1.29 is 4.74 Å². The molecule has 108 valence electrons. The molecular weight excluding hydrogens is 320 g/mol. The number of morpholine rings is 1. The summed E-state index contributed by atoms with van der Waals surface area (Å²) in [6.45, 7) is 6.75. The van der Waals surface area contributed by atoms with Gasteiger partial charge in [0.25, 0.3) is 0 Å². The molecule has 1 aliphatic heterocycles. The van der Waals surface area contributed by atoms with Crippen molar-refractivity contribution in [2.75, 3.05) is 32.0 Å². The van der Waals surface area contributed by atoms with E-state index in [4.69, 9.17) is 10.5 Å². The lowest BCUT2D eigenvalue weighted by atomic mass is 10.2. The second-order valence-electron chi connectivity index (χ2n) is 5.10. The van der Waals surface area contributed by atoms with Gasteiger partial charge in [-0.15, -0.1) is 0 Å². The van der Waals surface area contributed by atoms with Crippen molar-refractivity contribution in [3.8, 4) is 0 Å². The molecule has 6 heteroatoms. The summed E-state index contributed by atoms with van der Waals surface area (Å²) in [5, 5.41) is 0. The van der Waals surface area contributed by atoms with Crippen LogP contribution in [-0.4, -0.2) is 46.8 Å². The highest BCUT2D eigenvalue weighted by atomic mass is 79.9. The molecule has 1 atom stereocenters. The van der Waals surface area contributed by atoms with Crippen molar-refractivity contribution in [2.24, 2.45) is 0 Å². The van der Waals surface area contributed by atoms with Gasteiger partial charge in [0.15, 0.2) is 0 Å². The second-order valence-corrected chi connectivity index (χ2v) is 6.02. The molecule has 0 spiro atoms. The van der Waals surface area contributed by atoms with E-state index in [0.717, 1.165) is 48.3 Å². The van der Waals surface area contributed by atoms with Gasteiger partial charge in [0.2, 0.25) is 5.95 Å². The number of aromatic nitrogens is 2. The first-order chi connectivity index (χ1) is 9.67. The molecule has 5 nitrogen and oxygen atoms in total. The van der Waals surface area contributed by atoms with Gasteiger partial charge in [-0.25, -0.2) is 4.98 Å². The van der Waals surface area contributed by atoms with Crippen molar-refractivity contribution >= 4 is 32.9 Å². The number of fused-ring (bicyclic) bond motifs is 1. The number of hydrogen-bond donors (Lipinski definition) is 1. The van der Waals surface area contributed by atoms with E-state index in [-0.39, 0.29) is 6.10 Å². The van der Waals surface area contributed by atoms with Crippen LogP contribution in [0.15, 0.2) is 22.7 Å². The van der Waals surface area contributed by atoms with E-state index in [2.05, 4.69) is 32.7 Å². The van der Waals surface area contributed by atoms with Crippen LogP contribution in [0.4, 0.5) is 5.95 Å². The van der Waals surface area contributed by atoms with Crippen molar-refractivity contribution in [1.29, 1.82) is 0 Å². The highest BCUT2D eigenvalue weighted by Gasteiger charge is 2.21. The summed E-state index contributed by atoms with van der Waals surface area (Å²) in [4.78, 5) is 6.82. The minimum atomic E-state index is 0.173. The number of likely N-dealkylation sites (N-methyl/N-ethyl adjacent to an activating group) is 1. The average Bonchev–Trinajstić information content (AvgIpc) is 2.74. The van der Waals surface area contributed by atoms with Gasteiger partial charge in [-0.2, -0.15) is 0 Å². The van der Waals surface area contributed by atoms with Gasteiger partial charge >= 0.3 is 0 Å². The molecular formula is C14H19BrN4O. The number of nitrogen functional groups attached to an aromatic ring is 1. The summed E-state index contributed by atoms with van der Waals surface area (Å²) in [6, 6.07) is 6.05. The maximum Gasteiger partial charge on any atom is 0.201 e. The molecule has 3 rings (SSSR count). The standard InChI is InChI=1S/C14H19BrN4O/c1-2-18-5-6-20-11(8-18)9-19-13-4-3-10(15)7-12(13)17-14(19)16/h3-4,7,11H,2,5-6,8-9H2,1H3,(H2,16,17). The van der Waals surface area contributed by atoms with Crippen molar-refractivity contribution in [2.45, 2.75) is 19.6 Å². The smallest absolute Gasteiger partial charge is 0.201 e. The number of benzene rings is 1. The van der Waals surface area contributed by atoms with E-state index in [1.807, 2.05) is 22.8 Å². The molecule has 1 unspecified atom stereocenters. The fourth-order valence-electron chi connectivity index (χ4n) is 2.70. The van der Waals surface area contributed by atoms with Crippen molar-refractivity contribution in [3.05, 3.63) is 22.7 Å². The number of imidazole rings is 1. The van der Waals surface area contributed by atoms with Crippen LogP contribution < -0.4 is 5.73 Å². The molecule has 0 aliphatic carbocycles. The third kappa shape index (κ3) is 2.68. The van der Waals surface area contributed by atoms with Gasteiger partial charge in [0, 0.05) is 17.6 Å². The minimum Gasteiger partial charge on any atom is -0.374 e. The predicted molar refractivity (Wildman–Crippen MR) is 83.7 cm³/mol. The summed E-state index contributed by atoms with van der Waals surface area (Å²) in [5.74, 6) is 0.551. The fraction of sp³-hybridized carbons (Fsp3) is 0.500. The third-order valence-corrected chi connectivity index (χ3v) is 4.29. The molecule has 1 aromatic heterocycles. The van der Waals surface area contributed by atoms with Gasteiger partial charge in [-0.05, 0) is 24.7 Å². The Labute approximate surface area is 126 Å². The van der Waals surface area contributed by atoms with Crippen molar-refractivity contribution in [3.63, 3.8) is 0 Å². The Morgan fingerprint density at radius 2 is 2.35 bits per heavy atom. The van der Waals surface area contributed by atoms with Gasteiger partial charge in [-0.3, -0.25) is 4.90 Å². The fourth-order valence-corrected chi connectivity index (χ4v) is 3.04. The van der Waals surface area contributed by atoms with E-state index < -0.39 is 0 Å². The zero-order valence-electron chi connectivity index (χ0n) is 11.6. The quantitative estimate of drug-likeness (QED) is 0.931. The number of anilines is 1. The molecule has 1 aromatic carbocycles. The Hall–Kier alpha value is -1.11. The maximum atomic E-state index is 6.06. The molecule has 1 aliphatic rings. The van der Waals surface area contributed by atoms with Crippen LogP contribution in [0, 0.1) is 0 Å². The average molecular weight is 339 g/mol. The lowest BCUT2D eigenvalue weighted by molar-refractivity contribution is -0.0335. The Kier molecular flexibility index (Phi) is 3.96. The molecule has 1 saturated heterocycles. The summed E-state index contributed by atoms with van der Waals surface area (Å²) in [6.07, 6.45) is 0.173. The Morgan fingerprint density at radius 3 is 3.15 bits per heavy atom. The highest BCUT2D eigenvalue weighted by molar-refractivity contribution is 9.10. The molecule has 0 saturated carbocycles. The molecule has 0 bridgehead atoms. The van der Waals surface area contributed by atoms with Crippen LogP contribution in [0.1, 0.15) is 6.92 Å². The number of rotatable bonds is 3. The molecule has 0 radical (unpaired) electrons. The number of nitrogens with zero attached hydrogens (tertiary/aromatic N) is 3. The van der Waals surface area contributed by atoms with Gasteiger partial charge in [0.1, 0.15) is 0 Å². The molecule has 2 aromatic rings. The predicted octanol–water partition coefficient (Wildman–Crippen LogP) is 2.10. The van der Waals surface area contributed by atoms with Gasteiger partial charge in [0.05, 0.1) is 30.3 Å². The summed E-state index contributed by atoms with van der Waals surface area (Å²) in [5.41, 5.74) is 8.03. The normalized spacial score (nSPS) is 20.6. The van der Waals surface area contributed by atoms with Crippen molar-refractivity contribution in [1.82, 2.24) is 14.5 Å². The molecule has 1 fully saturated rings. The number of ether oxygens (including phenoxy) is 1. The highest BCUT2D eigenvalue weighted by Crippen LogP contribution is 2.23.